The van der Waals surface area contributed by atoms with Gasteiger partial charge in [0.2, 0.25) is 0 Å². The maximum atomic E-state index is 11.4. The number of carbonyl (C=O) groups excluding carboxylic acids is 2. The smallest absolute Gasteiger partial charge is 0.337 e. The number of nitrogens with zero attached hydrogens (tertiary/aromatic N) is 2. The second-order valence-corrected chi connectivity index (χ2v) is 5.88. The number of aromatic nitrogens is 2. The summed E-state index contributed by atoms with van der Waals surface area (Å²) in [6.45, 7) is 10.6. The van der Waals surface area contributed by atoms with Gasteiger partial charge in [0, 0.05) is 68.1 Å². The Morgan fingerprint density at radius 2 is 1.07 bits per heavy atom. The number of esters is 2. The Kier molecular flexibility index (Phi) is 9.19. The Hall–Kier alpha value is -2.18. The van der Waals surface area contributed by atoms with Crippen LogP contribution in [0, 0.1) is 0 Å². The molecule has 0 spiro atoms. The number of hydrogen-bond acceptors (Lipinski definition) is 4. The maximum Gasteiger partial charge on any atom is 0.337 e. The third kappa shape index (κ3) is 7.15. The van der Waals surface area contributed by atoms with E-state index in [4.69, 9.17) is 9.47 Å². The van der Waals surface area contributed by atoms with Crippen LogP contribution in [0.5, 0.6) is 0 Å². The second kappa shape index (κ2) is 10.8. The first kappa shape index (κ1) is 22.9. The molecule has 0 aliphatic heterocycles. The Morgan fingerprint density at radius 1 is 0.778 bits per heavy atom. The number of hydrogen-bond donors (Lipinski definition) is 0. The minimum absolute atomic E-state index is 0. The molecule has 0 bridgehead atoms. The van der Waals surface area contributed by atoms with Crippen LogP contribution in [-0.4, -0.2) is 11.9 Å². The number of carbonyl (C=O) groups is 2. The summed E-state index contributed by atoms with van der Waals surface area (Å²) in [6, 6.07) is 7.70. The van der Waals surface area contributed by atoms with E-state index in [1.54, 1.807) is 23.0 Å². The van der Waals surface area contributed by atoms with E-state index in [-0.39, 0.29) is 46.2 Å². The molecule has 2 aromatic rings. The molecule has 2 heterocycles. The van der Waals surface area contributed by atoms with Crippen molar-refractivity contribution in [1.29, 1.82) is 0 Å². The van der Waals surface area contributed by atoms with Gasteiger partial charge in [-0.2, -0.15) is 9.13 Å². The topological polar surface area (TPSA) is 60.4 Å². The van der Waals surface area contributed by atoms with Gasteiger partial charge in [-0.1, -0.05) is 13.2 Å². The molecule has 0 saturated heterocycles. The maximum absolute atomic E-state index is 11.4. The molecule has 0 N–H and O–H groups in total. The minimum Gasteiger partial charge on any atom is -0.401 e. The third-order valence-electron chi connectivity index (χ3n) is 3.50. The standard InChI is InChI=1S/C20H22N2O4.Y/c1-15(2)19(23)25-13-21-9-5-17(6-10-21)18-7-11-22(12-8-18)14-26-20(24)16(3)4;/h5-12H,1,3,13-14H2,2,4H3;/q+2;. The van der Waals surface area contributed by atoms with Crippen LogP contribution >= 0.6 is 0 Å². The molecular weight excluding hydrogens is 421 g/mol. The minimum atomic E-state index is -0.415. The number of rotatable bonds is 7. The molecule has 27 heavy (non-hydrogen) atoms. The van der Waals surface area contributed by atoms with Crippen LogP contribution in [0.2, 0.25) is 0 Å². The second-order valence-electron chi connectivity index (χ2n) is 5.88. The van der Waals surface area contributed by atoms with Crippen LogP contribution in [0.25, 0.3) is 11.1 Å². The molecule has 6 nitrogen and oxygen atoms in total. The van der Waals surface area contributed by atoms with Crippen molar-refractivity contribution < 1.29 is 60.9 Å². The fourth-order valence-corrected chi connectivity index (χ4v) is 1.98. The zero-order chi connectivity index (χ0) is 19.1. The summed E-state index contributed by atoms with van der Waals surface area (Å²) in [5.74, 6) is -0.830. The molecule has 0 amide bonds. The van der Waals surface area contributed by atoms with Gasteiger partial charge in [0.1, 0.15) is 0 Å². The average molecular weight is 443 g/mol. The molecule has 0 aromatic carbocycles. The van der Waals surface area contributed by atoms with E-state index < -0.39 is 11.9 Å². The van der Waals surface area contributed by atoms with Gasteiger partial charge in [0.15, 0.2) is 24.8 Å². The summed E-state index contributed by atoms with van der Waals surface area (Å²) in [5, 5.41) is 0. The summed E-state index contributed by atoms with van der Waals surface area (Å²) in [6.07, 6.45) is 7.32. The summed E-state index contributed by atoms with van der Waals surface area (Å²) in [7, 11) is 0. The van der Waals surface area contributed by atoms with Crippen LogP contribution in [0.15, 0.2) is 73.4 Å². The molecule has 137 valence electrons. The Labute approximate surface area is 184 Å². The first-order valence-corrected chi connectivity index (χ1v) is 8.00. The van der Waals surface area contributed by atoms with E-state index in [0.29, 0.717) is 11.1 Å². The first-order chi connectivity index (χ1) is 12.4. The van der Waals surface area contributed by atoms with Crippen molar-refractivity contribution in [2.24, 2.45) is 0 Å². The molecule has 0 aliphatic carbocycles. The van der Waals surface area contributed by atoms with Gasteiger partial charge >= 0.3 is 11.9 Å². The predicted molar refractivity (Wildman–Crippen MR) is 94.1 cm³/mol. The molecule has 0 atom stereocenters. The van der Waals surface area contributed by atoms with Crippen molar-refractivity contribution in [2.45, 2.75) is 27.3 Å². The largest absolute Gasteiger partial charge is 0.401 e. The van der Waals surface area contributed by atoms with E-state index >= 15 is 0 Å². The third-order valence-corrected chi connectivity index (χ3v) is 3.50. The van der Waals surface area contributed by atoms with Gasteiger partial charge in [-0.15, -0.1) is 0 Å². The van der Waals surface area contributed by atoms with Gasteiger partial charge in [-0.3, -0.25) is 0 Å². The molecule has 0 saturated carbocycles. The van der Waals surface area contributed by atoms with E-state index in [0.717, 1.165) is 11.1 Å². The normalized spacial score (nSPS) is 9.70. The quantitative estimate of drug-likeness (QED) is 0.374. The van der Waals surface area contributed by atoms with Gasteiger partial charge in [0.25, 0.3) is 13.5 Å². The molecule has 1 radical (unpaired) electrons. The fraction of sp³-hybridized carbons (Fsp3) is 0.200. The number of ether oxygens (including phenoxy) is 2. The van der Waals surface area contributed by atoms with Crippen LogP contribution in [0.4, 0.5) is 0 Å². The molecule has 0 fully saturated rings. The van der Waals surface area contributed by atoms with Crippen molar-refractivity contribution in [2.75, 3.05) is 0 Å². The molecule has 0 unspecified atom stereocenters. The molecular formula is C20H22N2O4Y+2. The van der Waals surface area contributed by atoms with Crippen molar-refractivity contribution >= 4 is 11.9 Å². The van der Waals surface area contributed by atoms with Crippen LogP contribution in [0.3, 0.4) is 0 Å². The number of pyridine rings is 2. The molecule has 0 aliphatic rings. The van der Waals surface area contributed by atoms with Crippen LogP contribution in [0.1, 0.15) is 13.8 Å². The van der Waals surface area contributed by atoms with Crippen molar-refractivity contribution in [3.8, 4) is 11.1 Å². The molecule has 2 rings (SSSR count). The van der Waals surface area contributed by atoms with E-state index in [1.165, 1.54) is 0 Å². The van der Waals surface area contributed by atoms with Gasteiger partial charge in [-0.25, -0.2) is 9.59 Å². The summed E-state index contributed by atoms with van der Waals surface area (Å²) in [4.78, 5) is 22.8. The average Bonchev–Trinajstić information content (AvgIpc) is 2.64. The van der Waals surface area contributed by atoms with E-state index in [9.17, 15) is 9.59 Å². The van der Waals surface area contributed by atoms with Crippen molar-refractivity contribution in [3.63, 3.8) is 0 Å². The zero-order valence-corrected chi connectivity index (χ0v) is 18.4. The summed E-state index contributed by atoms with van der Waals surface area (Å²) >= 11 is 0. The van der Waals surface area contributed by atoms with Gasteiger partial charge in [-0.05, 0) is 25.0 Å². The summed E-state index contributed by atoms with van der Waals surface area (Å²) in [5.41, 5.74) is 2.76. The summed E-state index contributed by atoms with van der Waals surface area (Å²) < 4.78 is 13.7. The van der Waals surface area contributed by atoms with E-state index in [2.05, 4.69) is 13.2 Å². The Bertz CT molecular complexity index is 759. The first-order valence-electron chi connectivity index (χ1n) is 8.00. The van der Waals surface area contributed by atoms with Crippen molar-refractivity contribution in [1.82, 2.24) is 0 Å². The van der Waals surface area contributed by atoms with E-state index in [1.807, 2.05) is 49.1 Å². The van der Waals surface area contributed by atoms with Gasteiger partial charge in [0.05, 0.1) is 0 Å². The van der Waals surface area contributed by atoms with Crippen molar-refractivity contribution in [3.05, 3.63) is 73.4 Å². The van der Waals surface area contributed by atoms with Crippen LogP contribution in [-0.2, 0) is 65.2 Å². The van der Waals surface area contributed by atoms with Crippen LogP contribution < -0.4 is 9.13 Å². The Morgan fingerprint density at radius 3 is 1.33 bits per heavy atom. The molecule has 7 heteroatoms. The van der Waals surface area contributed by atoms with Gasteiger partial charge < -0.3 is 9.47 Å². The molecule has 2 aromatic heterocycles. The SMILES string of the molecule is C=C(C)C(=O)OC[n+]1ccc(-c2cc[n+](COC(=O)C(=C)C)cc2)cc1.[Y]. The zero-order valence-electron chi connectivity index (χ0n) is 15.6. The predicted octanol–water partition coefficient (Wildman–Crippen LogP) is 2.08. The monoisotopic (exact) mass is 443 g/mol. The Balaban J connectivity index is 0.00000364. The fourth-order valence-electron chi connectivity index (χ4n) is 1.98.